The maximum absolute atomic E-state index is 11.9. The zero-order chi connectivity index (χ0) is 12.5. The Bertz CT molecular complexity index is 212. The molecule has 1 fully saturated rings. The van der Waals surface area contributed by atoms with Crippen LogP contribution in [0.5, 0.6) is 0 Å². The second-order valence-corrected chi connectivity index (χ2v) is 5.38. The molecule has 0 unspecified atom stereocenters. The number of carbonyl (C=O) groups is 1. The van der Waals surface area contributed by atoms with E-state index in [0.29, 0.717) is 12.3 Å². The first-order valence-electron chi connectivity index (χ1n) is 7.18. The number of carbonyl (C=O) groups excluding carboxylic acids is 1. The van der Waals surface area contributed by atoms with Crippen molar-refractivity contribution in [3.63, 3.8) is 0 Å². The smallest absolute Gasteiger partial charge is 0.222 e. The third kappa shape index (κ3) is 6.06. The third-order valence-electron chi connectivity index (χ3n) is 3.78. The lowest BCUT2D eigenvalue weighted by Crippen LogP contribution is -2.30. The quantitative estimate of drug-likeness (QED) is 0.663. The van der Waals surface area contributed by atoms with Crippen molar-refractivity contribution in [1.29, 1.82) is 0 Å². The zero-order valence-electron chi connectivity index (χ0n) is 11.3. The van der Waals surface area contributed by atoms with E-state index in [9.17, 15) is 4.79 Å². The molecule has 0 spiro atoms. The van der Waals surface area contributed by atoms with E-state index in [-0.39, 0.29) is 0 Å². The molecule has 1 aliphatic rings. The Morgan fingerprint density at radius 2 is 1.82 bits per heavy atom. The van der Waals surface area contributed by atoms with Gasteiger partial charge < -0.3 is 10.6 Å². The Morgan fingerprint density at radius 1 is 1.18 bits per heavy atom. The molecule has 0 atom stereocenters. The second kappa shape index (κ2) is 8.51. The van der Waals surface area contributed by atoms with Crippen molar-refractivity contribution in [2.75, 3.05) is 20.1 Å². The first-order valence-corrected chi connectivity index (χ1v) is 7.18. The molecule has 0 heterocycles. The summed E-state index contributed by atoms with van der Waals surface area (Å²) in [4.78, 5) is 13.8. The van der Waals surface area contributed by atoms with Crippen LogP contribution in [0.1, 0.15) is 57.8 Å². The molecule has 2 N–H and O–H groups in total. The number of hydrogen-bond acceptors (Lipinski definition) is 2. The average molecular weight is 240 g/mol. The van der Waals surface area contributed by atoms with Gasteiger partial charge in [-0.25, -0.2) is 0 Å². The molecular weight excluding hydrogens is 212 g/mol. The SMILES string of the molecule is CN(CC1CCCC1)C(=O)CCCCCCN. The minimum absolute atomic E-state index is 0.324. The summed E-state index contributed by atoms with van der Waals surface area (Å²) in [6, 6.07) is 0. The molecule has 0 aromatic rings. The van der Waals surface area contributed by atoms with Crippen LogP contribution in [-0.4, -0.2) is 30.9 Å². The van der Waals surface area contributed by atoms with Crippen LogP contribution in [0.25, 0.3) is 0 Å². The number of unbranched alkanes of at least 4 members (excludes halogenated alkanes) is 3. The zero-order valence-corrected chi connectivity index (χ0v) is 11.3. The minimum Gasteiger partial charge on any atom is -0.345 e. The van der Waals surface area contributed by atoms with E-state index in [4.69, 9.17) is 5.73 Å². The highest BCUT2D eigenvalue weighted by atomic mass is 16.2. The fourth-order valence-corrected chi connectivity index (χ4v) is 2.65. The van der Waals surface area contributed by atoms with Gasteiger partial charge in [-0.05, 0) is 38.1 Å². The van der Waals surface area contributed by atoms with E-state index in [1.807, 2.05) is 11.9 Å². The van der Waals surface area contributed by atoms with E-state index >= 15 is 0 Å². The number of rotatable bonds is 8. The van der Waals surface area contributed by atoms with Gasteiger partial charge in [0.25, 0.3) is 0 Å². The molecule has 0 aliphatic heterocycles. The average Bonchev–Trinajstić information content (AvgIpc) is 2.81. The van der Waals surface area contributed by atoms with Crippen molar-refractivity contribution in [3.05, 3.63) is 0 Å². The highest BCUT2D eigenvalue weighted by molar-refractivity contribution is 5.75. The summed E-state index contributed by atoms with van der Waals surface area (Å²) < 4.78 is 0. The molecule has 1 saturated carbocycles. The van der Waals surface area contributed by atoms with Gasteiger partial charge in [0.15, 0.2) is 0 Å². The van der Waals surface area contributed by atoms with Crippen molar-refractivity contribution in [2.24, 2.45) is 11.7 Å². The maximum atomic E-state index is 11.9. The Labute approximate surface area is 106 Å². The van der Waals surface area contributed by atoms with Crippen molar-refractivity contribution in [1.82, 2.24) is 4.90 Å². The first-order chi connectivity index (χ1) is 8.24. The summed E-state index contributed by atoms with van der Waals surface area (Å²) in [5.41, 5.74) is 5.43. The Hall–Kier alpha value is -0.570. The molecule has 17 heavy (non-hydrogen) atoms. The van der Waals surface area contributed by atoms with E-state index < -0.39 is 0 Å². The van der Waals surface area contributed by atoms with Crippen LogP contribution in [-0.2, 0) is 4.79 Å². The van der Waals surface area contributed by atoms with Gasteiger partial charge in [-0.1, -0.05) is 25.7 Å². The molecule has 1 rings (SSSR count). The van der Waals surface area contributed by atoms with Gasteiger partial charge in [0, 0.05) is 20.0 Å². The fraction of sp³-hybridized carbons (Fsp3) is 0.929. The van der Waals surface area contributed by atoms with Gasteiger partial charge in [-0.2, -0.15) is 0 Å². The Balaban J connectivity index is 2.05. The fourth-order valence-electron chi connectivity index (χ4n) is 2.65. The molecule has 1 aliphatic carbocycles. The normalized spacial score (nSPS) is 16.4. The summed E-state index contributed by atoms with van der Waals surface area (Å²) in [5.74, 6) is 1.09. The predicted octanol–water partition coefficient (Wildman–Crippen LogP) is 2.54. The molecule has 3 heteroatoms. The molecule has 100 valence electrons. The molecule has 0 saturated heterocycles. The molecular formula is C14H28N2O. The van der Waals surface area contributed by atoms with E-state index in [1.165, 1.54) is 25.7 Å². The van der Waals surface area contributed by atoms with Crippen molar-refractivity contribution in [3.8, 4) is 0 Å². The van der Waals surface area contributed by atoms with Gasteiger partial charge >= 0.3 is 0 Å². The van der Waals surface area contributed by atoms with Gasteiger partial charge in [0.1, 0.15) is 0 Å². The minimum atomic E-state index is 0.324. The molecule has 0 radical (unpaired) electrons. The number of amides is 1. The van der Waals surface area contributed by atoms with Gasteiger partial charge in [0.05, 0.1) is 0 Å². The summed E-state index contributed by atoms with van der Waals surface area (Å²) in [7, 11) is 1.96. The van der Waals surface area contributed by atoms with Gasteiger partial charge in [0.2, 0.25) is 5.91 Å². The standard InChI is InChI=1S/C14H28N2O/c1-16(12-13-8-5-6-9-13)14(17)10-4-2-3-7-11-15/h13H,2-12,15H2,1H3. The van der Waals surface area contributed by atoms with Crippen LogP contribution in [0.3, 0.4) is 0 Å². The summed E-state index contributed by atoms with van der Waals surface area (Å²) in [6.07, 6.45) is 10.5. The lowest BCUT2D eigenvalue weighted by Gasteiger charge is -2.21. The number of nitrogens with zero attached hydrogens (tertiary/aromatic N) is 1. The molecule has 0 aromatic heterocycles. The van der Waals surface area contributed by atoms with E-state index in [2.05, 4.69) is 0 Å². The molecule has 0 bridgehead atoms. The monoisotopic (exact) mass is 240 g/mol. The number of nitrogens with two attached hydrogens (primary N) is 1. The lowest BCUT2D eigenvalue weighted by atomic mass is 10.1. The largest absolute Gasteiger partial charge is 0.345 e. The number of hydrogen-bond donors (Lipinski definition) is 1. The van der Waals surface area contributed by atoms with Crippen LogP contribution in [0.4, 0.5) is 0 Å². The van der Waals surface area contributed by atoms with E-state index in [0.717, 1.165) is 44.7 Å². The predicted molar refractivity (Wildman–Crippen MR) is 71.7 cm³/mol. The highest BCUT2D eigenvalue weighted by Gasteiger charge is 2.18. The summed E-state index contributed by atoms with van der Waals surface area (Å²) in [6.45, 7) is 1.75. The maximum Gasteiger partial charge on any atom is 0.222 e. The molecule has 0 aromatic carbocycles. The lowest BCUT2D eigenvalue weighted by molar-refractivity contribution is -0.130. The Morgan fingerprint density at radius 3 is 2.47 bits per heavy atom. The van der Waals surface area contributed by atoms with Crippen LogP contribution in [0.2, 0.25) is 0 Å². The van der Waals surface area contributed by atoms with Gasteiger partial charge in [-0.3, -0.25) is 4.79 Å². The third-order valence-corrected chi connectivity index (χ3v) is 3.78. The highest BCUT2D eigenvalue weighted by Crippen LogP contribution is 2.25. The van der Waals surface area contributed by atoms with Crippen molar-refractivity contribution >= 4 is 5.91 Å². The van der Waals surface area contributed by atoms with Crippen LogP contribution < -0.4 is 5.73 Å². The summed E-state index contributed by atoms with van der Waals surface area (Å²) in [5, 5.41) is 0. The van der Waals surface area contributed by atoms with Crippen molar-refractivity contribution in [2.45, 2.75) is 57.8 Å². The molecule has 1 amide bonds. The topological polar surface area (TPSA) is 46.3 Å². The van der Waals surface area contributed by atoms with Crippen LogP contribution in [0.15, 0.2) is 0 Å². The summed E-state index contributed by atoms with van der Waals surface area (Å²) >= 11 is 0. The molecule has 3 nitrogen and oxygen atoms in total. The second-order valence-electron chi connectivity index (χ2n) is 5.38. The van der Waals surface area contributed by atoms with Crippen molar-refractivity contribution < 1.29 is 4.79 Å². The van der Waals surface area contributed by atoms with Crippen LogP contribution >= 0.6 is 0 Å². The van der Waals surface area contributed by atoms with Crippen LogP contribution in [0, 0.1) is 5.92 Å². The first kappa shape index (κ1) is 14.5. The van der Waals surface area contributed by atoms with E-state index in [1.54, 1.807) is 0 Å². The van der Waals surface area contributed by atoms with Gasteiger partial charge in [-0.15, -0.1) is 0 Å². The Kier molecular flexibility index (Phi) is 7.25.